The summed E-state index contributed by atoms with van der Waals surface area (Å²) in [5, 5.41) is 3.92. The Hall–Kier alpha value is -0.600. The lowest BCUT2D eigenvalue weighted by molar-refractivity contribution is 0.346. The van der Waals surface area contributed by atoms with Gasteiger partial charge < -0.3 is 5.32 Å². The lowest BCUT2D eigenvalue weighted by Gasteiger charge is -2.27. The third-order valence-electron chi connectivity index (χ3n) is 2.44. The predicted octanol–water partition coefficient (Wildman–Crippen LogP) is 1.81. The Balaban J connectivity index is 2.10. The third kappa shape index (κ3) is 2.01. The Bertz CT molecular complexity index is 308. The first kappa shape index (κ1) is 8.97. The van der Waals surface area contributed by atoms with Crippen molar-refractivity contribution < 1.29 is 0 Å². The highest BCUT2D eigenvalue weighted by Gasteiger charge is 2.18. The van der Waals surface area contributed by atoms with Gasteiger partial charge >= 0.3 is 0 Å². The first-order valence-electron chi connectivity index (χ1n) is 4.58. The van der Waals surface area contributed by atoms with Gasteiger partial charge in [-0.25, -0.2) is 4.98 Å². The van der Waals surface area contributed by atoms with Gasteiger partial charge in [0.05, 0.1) is 0 Å². The molecule has 1 aliphatic rings. The fourth-order valence-corrected chi connectivity index (χ4v) is 1.78. The van der Waals surface area contributed by atoms with Crippen LogP contribution in [0.4, 0.5) is 0 Å². The molecular formula is C10H13ClN2. The van der Waals surface area contributed by atoms with Gasteiger partial charge in [0.15, 0.2) is 0 Å². The summed E-state index contributed by atoms with van der Waals surface area (Å²) in [5.74, 6) is 0.752. The van der Waals surface area contributed by atoms with E-state index in [0.717, 1.165) is 31.1 Å². The van der Waals surface area contributed by atoms with E-state index in [0.29, 0.717) is 5.15 Å². The van der Waals surface area contributed by atoms with E-state index < -0.39 is 0 Å². The van der Waals surface area contributed by atoms with E-state index in [4.69, 9.17) is 11.6 Å². The average Bonchev–Trinajstić information content (AvgIpc) is 1.99. The predicted molar refractivity (Wildman–Crippen MR) is 54.0 cm³/mol. The molecule has 3 heteroatoms. The summed E-state index contributed by atoms with van der Waals surface area (Å²) >= 11 is 6.02. The lowest BCUT2D eigenvalue weighted by atomic mass is 9.95. The normalized spacial score (nSPS) is 17.1. The van der Waals surface area contributed by atoms with Gasteiger partial charge in [0.1, 0.15) is 5.15 Å². The minimum atomic E-state index is 0.673. The van der Waals surface area contributed by atoms with Crippen LogP contribution in [0.15, 0.2) is 12.1 Å². The maximum absolute atomic E-state index is 6.02. The second kappa shape index (κ2) is 3.64. The number of hydrogen-bond donors (Lipinski definition) is 1. The van der Waals surface area contributed by atoms with Crippen LogP contribution < -0.4 is 5.32 Å². The zero-order valence-corrected chi connectivity index (χ0v) is 8.43. The molecule has 0 saturated carbocycles. The van der Waals surface area contributed by atoms with Gasteiger partial charge in [0.25, 0.3) is 0 Å². The molecule has 2 rings (SSSR count). The van der Waals surface area contributed by atoms with Crippen molar-refractivity contribution in [2.45, 2.75) is 13.3 Å². The van der Waals surface area contributed by atoms with Crippen LogP contribution in [-0.4, -0.2) is 18.1 Å². The van der Waals surface area contributed by atoms with Crippen molar-refractivity contribution in [2.75, 3.05) is 13.1 Å². The highest BCUT2D eigenvalue weighted by Crippen LogP contribution is 2.19. The smallest absolute Gasteiger partial charge is 0.132 e. The quantitative estimate of drug-likeness (QED) is 0.730. The summed E-state index contributed by atoms with van der Waals surface area (Å²) in [6.07, 6.45) is 1.05. The van der Waals surface area contributed by atoms with Gasteiger partial charge in [-0.1, -0.05) is 17.7 Å². The van der Waals surface area contributed by atoms with Crippen LogP contribution in [0.25, 0.3) is 0 Å². The van der Waals surface area contributed by atoms with Gasteiger partial charge in [-0.2, -0.15) is 0 Å². The maximum atomic E-state index is 6.02. The molecule has 0 aromatic carbocycles. The van der Waals surface area contributed by atoms with Gasteiger partial charge in [0, 0.05) is 5.69 Å². The van der Waals surface area contributed by atoms with E-state index in [-0.39, 0.29) is 0 Å². The van der Waals surface area contributed by atoms with Crippen molar-refractivity contribution in [1.82, 2.24) is 10.3 Å². The number of aromatic nitrogens is 1. The molecule has 2 heterocycles. The second-order valence-electron chi connectivity index (χ2n) is 3.63. The van der Waals surface area contributed by atoms with Crippen LogP contribution in [0.3, 0.4) is 0 Å². The minimum absolute atomic E-state index is 0.673. The first-order chi connectivity index (χ1) is 6.25. The largest absolute Gasteiger partial charge is 0.316 e. The van der Waals surface area contributed by atoms with Crippen molar-refractivity contribution in [3.63, 3.8) is 0 Å². The Morgan fingerprint density at radius 2 is 2.31 bits per heavy atom. The van der Waals surface area contributed by atoms with Crippen LogP contribution in [-0.2, 0) is 6.42 Å². The number of rotatable bonds is 2. The summed E-state index contributed by atoms with van der Waals surface area (Å²) < 4.78 is 0. The van der Waals surface area contributed by atoms with Gasteiger partial charge in [-0.15, -0.1) is 0 Å². The molecule has 0 amide bonds. The van der Waals surface area contributed by atoms with Crippen molar-refractivity contribution in [1.29, 1.82) is 0 Å². The maximum Gasteiger partial charge on any atom is 0.132 e. The van der Waals surface area contributed by atoms with E-state index in [1.165, 1.54) is 5.56 Å². The Kier molecular flexibility index (Phi) is 2.51. The molecule has 2 nitrogen and oxygen atoms in total. The van der Waals surface area contributed by atoms with E-state index in [1.807, 2.05) is 13.0 Å². The van der Waals surface area contributed by atoms with E-state index in [9.17, 15) is 0 Å². The number of hydrogen-bond acceptors (Lipinski definition) is 2. The number of halogens is 1. The van der Waals surface area contributed by atoms with Crippen LogP contribution in [0, 0.1) is 12.8 Å². The summed E-state index contributed by atoms with van der Waals surface area (Å²) in [7, 11) is 0. The Morgan fingerprint density at radius 1 is 1.54 bits per heavy atom. The molecule has 1 saturated heterocycles. The lowest BCUT2D eigenvalue weighted by Crippen LogP contribution is -2.43. The van der Waals surface area contributed by atoms with Crippen molar-refractivity contribution in [3.05, 3.63) is 28.5 Å². The van der Waals surface area contributed by atoms with Crippen LogP contribution in [0.2, 0.25) is 5.15 Å². The molecule has 0 spiro atoms. The van der Waals surface area contributed by atoms with Gasteiger partial charge in [-0.05, 0) is 44.0 Å². The molecule has 0 bridgehead atoms. The van der Waals surface area contributed by atoms with Gasteiger partial charge in [-0.3, -0.25) is 0 Å². The summed E-state index contributed by atoms with van der Waals surface area (Å²) in [6, 6.07) is 4.11. The molecule has 1 fully saturated rings. The van der Waals surface area contributed by atoms with Crippen LogP contribution in [0.5, 0.6) is 0 Å². The number of nitrogens with zero attached hydrogens (tertiary/aromatic N) is 1. The highest BCUT2D eigenvalue weighted by molar-refractivity contribution is 6.30. The van der Waals surface area contributed by atoms with Gasteiger partial charge in [0.2, 0.25) is 0 Å². The standard InChI is InChI=1S/C10H13ClN2/c1-7-2-3-9(10(11)13-7)4-8-5-12-6-8/h2-3,8,12H,4-6H2,1H3. The molecule has 0 unspecified atom stereocenters. The average molecular weight is 197 g/mol. The van der Waals surface area contributed by atoms with E-state index in [1.54, 1.807) is 0 Å². The SMILES string of the molecule is Cc1ccc(CC2CNC2)c(Cl)n1. The summed E-state index contributed by atoms with van der Waals surface area (Å²) in [4.78, 5) is 4.23. The zero-order valence-electron chi connectivity index (χ0n) is 7.68. The molecule has 1 N–H and O–H groups in total. The van der Waals surface area contributed by atoms with Crippen LogP contribution in [0.1, 0.15) is 11.3 Å². The highest BCUT2D eigenvalue weighted by atomic mass is 35.5. The molecule has 0 atom stereocenters. The van der Waals surface area contributed by atoms with Crippen molar-refractivity contribution in [2.24, 2.45) is 5.92 Å². The Labute approximate surface area is 83.3 Å². The number of aryl methyl sites for hydroxylation is 1. The molecule has 1 aromatic rings. The number of nitrogens with one attached hydrogen (secondary N) is 1. The minimum Gasteiger partial charge on any atom is -0.316 e. The molecule has 0 aliphatic carbocycles. The van der Waals surface area contributed by atoms with E-state index in [2.05, 4.69) is 16.4 Å². The van der Waals surface area contributed by atoms with E-state index >= 15 is 0 Å². The monoisotopic (exact) mass is 196 g/mol. The summed E-state index contributed by atoms with van der Waals surface area (Å²) in [5.41, 5.74) is 2.17. The molecule has 0 radical (unpaired) electrons. The first-order valence-corrected chi connectivity index (χ1v) is 4.96. The summed E-state index contributed by atoms with van der Waals surface area (Å²) in [6.45, 7) is 4.19. The Morgan fingerprint density at radius 3 is 2.85 bits per heavy atom. The zero-order chi connectivity index (χ0) is 9.26. The third-order valence-corrected chi connectivity index (χ3v) is 2.77. The van der Waals surface area contributed by atoms with Crippen LogP contribution >= 0.6 is 11.6 Å². The topological polar surface area (TPSA) is 24.9 Å². The second-order valence-corrected chi connectivity index (χ2v) is 3.99. The molecule has 1 aromatic heterocycles. The molecule has 13 heavy (non-hydrogen) atoms. The molecule has 1 aliphatic heterocycles. The number of pyridine rings is 1. The molecule has 70 valence electrons. The van der Waals surface area contributed by atoms with Crippen molar-refractivity contribution in [3.8, 4) is 0 Å². The fourth-order valence-electron chi connectivity index (χ4n) is 1.51. The fraction of sp³-hybridized carbons (Fsp3) is 0.500. The van der Waals surface area contributed by atoms with Crippen molar-refractivity contribution >= 4 is 11.6 Å². The molecular weight excluding hydrogens is 184 g/mol.